The molecule has 196 valence electrons. The number of aromatic hydroxyl groups is 2. The molecule has 1 aliphatic rings. The summed E-state index contributed by atoms with van der Waals surface area (Å²) in [5.74, 6) is 0.510. The molecule has 0 aromatic heterocycles. The highest BCUT2D eigenvalue weighted by molar-refractivity contribution is 5.96. The summed E-state index contributed by atoms with van der Waals surface area (Å²) in [5.41, 5.74) is 8.83. The Morgan fingerprint density at radius 1 is 0.462 bits per heavy atom. The molecule has 0 saturated heterocycles. The van der Waals surface area contributed by atoms with E-state index in [0.29, 0.717) is 0 Å². The smallest absolute Gasteiger partial charge is 0.116 e. The number of benzene rings is 5. The average molecular weight is 513 g/mol. The van der Waals surface area contributed by atoms with E-state index in [4.69, 9.17) is 0 Å². The summed E-state index contributed by atoms with van der Waals surface area (Å²) >= 11 is 0. The third-order valence-electron chi connectivity index (χ3n) is 8.43. The first-order chi connectivity index (χ1) is 18.4. The first-order valence-corrected chi connectivity index (χ1v) is 13.7. The van der Waals surface area contributed by atoms with Crippen LogP contribution in [0.5, 0.6) is 11.5 Å². The predicted molar refractivity (Wildman–Crippen MR) is 162 cm³/mol. The summed E-state index contributed by atoms with van der Waals surface area (Å²) in [6.07, 6.45) is 0. The second kappa shape index (κ2) is 8.48. The molecule has 0 radical (unpaired) electrons. The average Bonchev–Trinajstić information content (AvgIpc) is 3.15. The molecule has 0 atom stereocenters. The van der Waals surface area contributed by atoms with Crippen molar-refractivity contribution in [1.29, 1.82) is 0 Å². The highest BCUT2D eigenvalue weighted by Gasteiger charge is 2.46. The zero-order chi connectivity index (χ0) is 27.7. The first-order valence-electron chi connectivity index (χ1n) is 13.7. The Morgan fingerprint density at radius 2 is 0.949 bits per heavy atom. The SMILES string of the molecule is CC(C)(C)c1ccc(C2(c3ccc(C(C)(C)C)cc3)c3cc(O)ccc3-c3cc4ccc(O)cc4cc32)cc1. The molecule has 0 amide bonds. The normalized spacial score (nSPS) is 14.3. The van der Waals surface area contributed by atoms with E-state index in [-0.39, 0.29) is 22.3 Å². The Bertz CT molecular complexity index is 1650. The summed E-state index contributed by atoms with van der Waals surface area (Å²) < 4.78 is 0. The molecule has 2 nitrogen and oxygen atoms in total. The van der Waals surface area contributed by atoms with Crippen LogP contribution in [0.25, 0.3) is 21.9 Å². The van der Waals surface area contributed by atoms with E-state index >= 15 is 0 Å². The summed E-state index contributed by atoms with van der Waals surface area (Å²) in [4.78, 5) is 0. The molecule has 0 fully saturated rings. The van der Waals surface area contributed by atoms with Crippen LogP contribution in [0.1, 0.15) is 74.9 Å². The molecule has 39 heavy (non-hydrogen) atoms. The van der Waals surface area contributed by atoms with Gasteiger partial charge < -0.3 is 10.2 Å². The molecule has 0 unspecified atom stereocenters. The Kier molecular flexibility index (Phi) is 5.49. The Labute approximate surface area is 231 Å². The van der Waals surface area contributed by atoms with Crippen LogP contribution in [0.3, 0.4) is 0 Å². The molecule has 0 heterocycles. The lowest BCUT2D eigenvalue weighted by Crippen LogP contribution is -2.29. The second-order valence-corrected chi connectivity index (χ2v) is 13.1. The molecule has 2 heteroatoms. The summed E-state index contributed by atoms with van der Waals surface area (Å²) in [5, 5.41) is 23.2. The zero-order valence-corrected chi connectivity index (χ0v) is 23.6. The first kappa shape index (κ1) is 25.2. The molecule has 0 aliphatic heterocycles. The molecule has 5 aromatic rings. The van der Waals surface area contributed by atoms with Crippen LogP contribution in [0, 0.1) is 0 Å². The molecule has 0 saturated carbocycles. The fraction of sp³-hybridized carbons (Fsp3) is 0.243. The van der Waals surface area contributed by atoms with Gasteiger partial charge >= 0.3 is 0 Å². The quantitative estimate of drug-likeness (QED) is 0.243. The van der Waals surface area contributed by atoms with Crippen molar-refractivity contribution >= 4 is 10.8 Å². The van der Waals surface area contributed by atoms with Crippen LogP contribution >= 0.6 is 0 Å². The van der Waals surface area contributed by atoms with Gasteiger partial charge in [0.25, 0.3) is 0 Å². The van der Waals surface area contributed by atoms with Crippen molar-refractivity contribution < 1.29 is 10.2 Å². The largest absolute Gasteiger partial charge is 0.508 e. The van der Waals surface area contributed by atoms with Gasteiger partial charge in [-0.25, -0.2) is 0 Å². The minimum Gasteiger partial charge on any atom is -0.508 e. The van der Waals surface area contributed by atoms with Crippen molar-refractivity contribution in [3.05, 3.63) is 130 Å². The van der Waals surface area contributed by atoms with Crippen LogP contribution in [0.2, 0.25) is 0 Å². The van der Waals surface area contributed by atoms with Crippen molar-refractivity contribution in [3.63, 3.8) is 0 Å². The fourth-order valence-electron chi connectivity index (χ4n) is 6.27. The minimum absolute atomic E-state index is 0.0392. The van der Waals surface area contributed by atoms with E-state index in [1.165, 1.54) is 11.1 Å². The van der Waals surface area contributed by atoms with E-state index in [0.717, 1.165) is 44.2 Å². The van der Waals surface area contributed by atoms with E-state index < -0.39 is 5.41 Å². The van der Waals surface area contributed by atoms with Crippen LogP contribution < -0.4 is 0 Å². The van der Waals surface area contributed by atoms with Crippen molar-refractivity contribution in [3.8, 4) is 22.6 Å². The highest BCUT2D eigenvalue weighted by atomic mass is 16.3. The van der Waals surface area contributed by atoms with Gasteiger partial charge in [0.1, 0.15) is 11.5 Å². The molecular formula is C37H36O2. The van der Waals surface area contributed by atoms with Crippen molar-refractivity contribution in [2.24, 2.45) is 0 Å². The monoisotopic (exact) mass is 512 g/mol. The zero-order valence-electron chi connectivity index (χ0n) is 23.6. The lowest BCUT2D eigenvalue weighted by molar-refractivity contribution is 0.474. The summed E-state index contributed by atoms with van der Waals surface area (Å²) in [6.45, 7) is 13.4. The Balaban J connectivity index is 1.74. The lowest BCUT2D eigenvalue weighted by atomic mass is 9.66. The van der Waals surface area contributed by atoms with Crippen LogP contribution in [0.15, 0.2) is 97.1 Å². The number of hydrogen-bond acceptors (Lipinski definition) is 2. The van der Waals surface area contributed by atoms with E-state index in [9.17, 15) is 10.2 Å². The topological polar surface area (TPSA) is 40.5 Å². The molecule has 0 bridgehead atoms. The minimum atomic E-state index is -0.629. The molecule has 0 spiro atoms. The van der Waals surface area contributed by atoms with E-state index in [1.807, 2.05) is 24.3 Å². The van der Waals surface area contributed by atoms with E-state index in [2.05, 4.69) is 102 Å². The number of phenolic OH excluding ortho intramolecular Hbond substituents is 2. The summed E-state index contributed by atoms with van der Waals surface area (Å²) in [6, 6.07) is 33.8. The van der Waals surface area contributed by atoms with Crippen molar-refractivity contribution in [2.75, 3.05) is 0 Å². The van der Waals surface area contributed by atoms with Gasteiger partial charge in [0, 0.05) is 0 Å². The van der Waals surface area contributed by atoms with Crippen molar-refractivity contribution in [1.82, 2.24) is 0 Å². The molecule has 2 N–H and O–H groups in total. The van der Waals surface area contributed by atoms with Crippen LogP contribution in [-0.2, 0) is 16.2 Å². The molecule has 5 aromatic carbocycles. The van der Waals surface area contributed by atoms with Gasteiger partial charge in [0.15, 0.2) is 0 Å². The van der Waals surface area contributed by atoms with Gasteiger partial charge in [-0.05, 0) is 103 Å². The van der Waals surface area contributed by atoms with Gasteiger partial charge in [-0.15, -0.1) is 0 Å². The van der Waals surface area contributed by atoms with Gasteiger partial charge in [-0.1, -0.05) is 102 Å². The second-order valence-electron chi connectivity index (χ2n) is 13.1. The molecule has 1 aliphatic carbocycles. The summed E-state index contributed by atoms with van der Waals surface area (Å²) in [7, 11) is 0. The fourth-order valence-corrected chi connectivity index (χ4v) is 6.27. The number of phenols is 2. The Hall–Kier alpha value is -4.04. The number of rotatable bonds is 2. The van der Waals surface area contributed by atoms with Crippen LogP contribution in [-0.4, -0.2) is 10.2 Å². The van der Waals surface area contributed by atoms with Crippen LogP contribution in [0.4, 0.5) is 0 Å². The Morgan fingerprint density at radius 3 is 1.49 bits per heavy atom. The van der Waals surface area contributed by atoms with Gasteiger partial charge in [0.2, 0.25) is 0 Å². The molecule has 6 rings (SSSR count). The van der Waals surface area contributed by atoms with Gasteiger partial charge in [0.05, 0.1) is 5.41 Å². The van der Waals surface area contributed by atoms with Crippen molar-refractivity contribution in [2.45, 2.75) is 57.8 Å². The van der Waals surface area contributed by atoms with Gasteiger partial charge in [-0.3, -0.25) is 0 Å². The standard InChI is InChI=1S/C37H36O2/c1-35(2,3)25-8-12-27(13-9-25)37(28-14-10-26(11-15-28)36(4,5)6)33-21-24-19-29(38)16-7-23(24)20-32(33)31-18-17-30(39)22-34(31)37/h7-22,38-39H,1-6H3. The highest BCUT2D eigenvalue weighted by Crippen LogP contribution is 2.57. The van der Waals surface area contributed by atoms with Gasteiger partial charge in [-0.2, -0.15) is 0 Å². The lowest BCUT2D eigenvalue weighted by Gasteiger charge is -2.35. The maximum Gasteiger partial charge on any atom is 0.116 e. The third-order valence-corrected chi connectivity index (χ3v) is 8.43. The maximum atomic E-state index is 10.8. The van der Waals surface area contributed by atoms with E-state index in [1.54, 1.807) is 12.1 Å². The number of hydrogen-bond donors (Lipinski definition) is 2. The molecular weight excluding hydrogens is 476 g/mol. The third kappa shape index (κ3) is 3.93. The predicted octanol–water partition coefficient (Wildman–Crippen LogP) is 9.21. The maximum absolute atomic E-state index is 10.8. The number of fused-ring (bicyclic) bond motifs is 4.